The Kier molecular flexibility index (Phi) is 6.75. The summed E-state index contributed by atoms with van der Waals surface area (Å²) in [6.45, 7) is 4.44. The number of nitrogens with zero attached hydrogens (tertiary/aromatic N) is 2. The predicted octanol–water partition coefficient (Wildman–Crippen LogP) is 1.72. The second-order valence-electron chi connectivity index (χ2n) is 6.93. The zero-order valence-electron chi connectivity index (χ0n) is 16.9. The first kappa shape index (κ1) is 20.7. The molecule has 3 N–H and O–H groups in total. The molecule has 3 rings (SSSR count). The van der Waals surface area contributed by atoms with E-state index in [0.29, 0.717) is 27.9 Å². The molecule has 0 amide bonds. The van der Waals surface area contributed by atoms with Gasteiger partial charge in [0.2, 0.25) is 0 Å². The first-order valence-corrected chi connectivity index (χ1v) is 9.85. The molecule has 7 nitrogen and oxygen atoms in total. The molecule has 1 heterocycles. The second-order valence-corrected chi connectivity index (χ2v) is 7.34. The van der Waals surface area contributed by atoms with E-state index in [2.05, 4.69) is 40.8 Å². The van der Waals surface area contributed by atoms with Crippen LogP contribution < -0.4 is 29.9 Å². The molecule has 2 aromatic carbocycles. The molecule has 8 heteroatoms. The van der Waals surface area contributed by atoms with Crippen LogP contribution in [0.3, 0.4) is 0 Å². The first-order valence-electron chi connectivity index (χ1n) is 9.44. The van der Waals surface area contributed by atoms with E-state index in [0.717, 1.165) is 31.9 Å². The summed E-state index contributed by atoms with van der Waals surface area (Å²) in [5.74, 6) is 1.02. The fraction of sp³-hybridized carbons (Fsp3) is 0.333. The number of methoxy groups -OCH3 is 2. The number of hydrogen-bond acceptors (Lipinski definition) is 5. The van der Waals surface area contributed by atoms with Crippen LogP contribution in [-0.2, 0) is 0 Å². The molecule has 1 fully saturated rings. The third kappa shape index (κ3) is 5.08. The van der Waals surface area contributed by atoms with Gasteiger partial charge in [0.15, 0.2) is 16.6 Å². The first-order chi connectivity index (χ1) is 14.0. The molecule has 0 aliphatic carbocycles. The molecule has 29 heavy (non-hydrogen) atoms. The summed E-state index contributed by atoms with van der Waals surface area (Å²) in [6.07, 6.45) is 0. The number of thiocarbonyl (C=S) groups is 1. The quantitative estimate of drug-likeness (QED) is 0.646. The van der Waals surface area contributed by atoms with Crippen molar-refractivity contribution in [3.8, 4) is 17.6 Å². The summed E-state index contributed by atoms with van der Waals surface area (Å²) < 4.78 is 10.6. The van der Waals surface area contributed by atoms with Crippen molar-refractivity contribution in [1.29, 1.82) is 5.26 Å². The molecule has 0 aromatic heterocycles. The van der Waals surface area contributed by atoms with Gasteiger partial charge in [0, 0.05) is 23.5 Å². The minimum atomic E-state index is 0.393. The third-order valence-corrected chi connectivity index (χ3v) is 5.20. The number of nitriles is 1. The lowest BCUT2D eigenvalue weighted by Gasteiger charge is -2.31. The van der Waals surface area contributed by atoms with Gasteiger partial charge >= 0.3 is 0 Å². The van der Waals surface area contributed by atoms with Crippen LogP contribution in [0.4, 0.5) is 17.1 Å². The molecule has 0 saturated carbocycles. The minimum Gasteiger partial charge on any atom is -0.493 e. The largest absolute Gasteiger partial charge is 0.493 e. The highest BCUT2D eigenvalue weighted by Gasteiger charge is 2.17. The van der Waals surface area contributed by atoms with E-state index < -0.39 is 0 Å². The Hall–Kier alpha value is -3.02. The van der Waals surface area contributed by atoms with Crippen molar-refractivity contribution in [2.45, 2.75) is 0 Å². The Morgan fingerprint density at radius 1 is 1.07 bits per heavy atom. The van der Waals surface area contributed by atoms with Gasteiger partial charge in [-0.2, -0.15) is 5.26 Å². The Labute approximate surface area is 176 Å². The van der Waals surface area contributed by atoms with Gasteiger partial charge in [0.1, 0.15) is 6.07 Å². The van der Waals surface area contributed by atoms with Gasteiger partial charge in [-0.25, -0.2) is 0 Å². The second kappa shape index (κ2) is 9.45. The van der Waals surface area contributed by atoms with Crippen LogP contribution in [0, 0.1) is 11.3 Å². The summed E-state index contributed by atoms with van der Waals surface area (Å²) in [5.41, 5.74) is 3.07. The Morgan fingerprint density at radius 3 is 2.28 bits per heavy atom. The fourth-order valence-corrected chi connectivity index (χ4v) is 3.49. The van der Waals surface area contributed by atoms with Gasteiger partial charge < -0.3 is 29.9 Å². The van der Waals surface area contributed by atoms with E-state index in [-0.39, 0.29) is 0 Å². The van der Waals surface area contributed by atoms with Crippen LogP contribution in [0.15, 0.2) is 36.4 Å². The smallest absolute Gasteiger partial charge is 0.175 e. The van der Waals surface area contributed by atoms with Gasteiger partial charge in [0.25, 0.3) is 0 Å². The van der Waals surface area contributed by atoms with E-state index in [4.69, 9.17) is 21.7 Å². The SMILES string of the molecule is COc1cc(C#N)c(NC(=S)Nc2ccc(N3CC[NH+](C)CC3)cc2)cc1OC. The molecule has 1 saturated heterocycles. The zero-order chi connectivity index (χ0) is 20.8. The van der Waals surface area contributed by atoms with E-state index >= 15 is 0 Å². The van der Waals surface area contributed by atoms with Crippen molar-refractivity contribution < 1.29 is 14.4 Å². The number of ether oxygens (including phenoxy) is 2. The molecule has 0 unspecified atom stereocenters. The maximum absolute atomic E-state index is 9.42. The summed E-state index contributed by atoms with van der Waals surface area (Å²) in [6, 6.07) is 13.7. The van der Waals surface area contributed by atoms with Crippen LogP contribution in [0.2, 0.25) is 0 Å². The van der Waals surface area contributed by atoms with Crippen molar-refractivity contribution in [3.63, 3.8) is 0 Å². The van der Waals surface area contributed by atoms with Crippen LogP contribution in [-0.4, -0.2) is 52.6 Å². The molecule has 0 atom stereocenters. The highest BCUT2D eigenvalue weighted by Crippen LogP contribution is 2.33. The van der Waals surface area contributed by atoms with Crippen molar-refractivity contribution in [1.82, 2.24) is 0 Å². The lowest BCUT2D eigenvalue weighted by Crippen LogP contribution is -3.12. The topological polar surface area (TPSA) is 74.0 Å². The molecule has 0 spiro atoms. The third-order valence-electron chi connectivity index (χ3n) is 5.00. The molecular formula is C21H26N5O2S+. The number of nitrogens with one attached hydrogen (secondary N) is 3. The van der Waals surface area contributed by atoms with Gasteiger partial charge in [-0.15, -0.1) is 0 Å². The normalized spacial score (nSPS) is 14.1. The van der Waals surface area contributed by atoms with Crippen LogP contribution in [0.25, 0.3) is 0 Å². The van der Waals surface area contributed by atoms with E-state index in [1.165, 1.54) is 12.8 Å². The van der Waals surface area contributed by atoms with Gasteiger partial charge in [0.05, 0.1) is 58.7 Å². The minimum absolute atomic E-state index is 0.393. The molecule has 152 valence electrons. The summed E-state index contributed by atoms with van der Waals surface area (Å²) >= 11 is 5.42. The molecule has 2 aromatic rings. The van der Waals surface area contributed by atoms with Crippen molar-refractivity contribution in [3.05, 3.63) is 42.0 Å². The Balaban J connectivity index is 1.66. The van der Waals surface area contributed by atoms with Gasteiger partial charge in [-0.3, -0.25) is 0 Å². The number of benzene rings is 2. The van der Waals surface area contributed by atoms with Crippen LogP contribution in [0.1, 0.15) is 5.56 Å². The molecule has 0 radical (unpaired) electrons. The molecule has 1 aliphatic rings. The monoisotopic (exact) mass is 412 g/mol. The molecular weight excluding hydrogens is 386 g/mol. The Bertz CT molecular complexity index is 903. The lowest BCUT2D eigenvalue weighted by atomic mass is 10.1. The maximum Gasteiger partial charge on any atom is 0.175 e. The van der Waals surface area contributed by atoms with Gasteiger partial charge in [-0.05, 0) is 36.5 Å². The standard InChI is InChI=1S/C21H25N5O2S/c1-25-8-10-26(11-9-25)17-6-4-16(5-7-17)23-21(29)24-18-13-20(28-3)19(27-2)12-15(18)14-22/h4-7,12-13H,8-11H2,1-3H3,(H2,23,24,29)/p+1. The lowest BCUT2D eigenvalue weighted by molar-refractivity contribution is -0.880. The average Bonchev–Trinajstić information content (AvgIpc) is 2.74. The van der Waals surface area contributed by atoms with Crippen molar-refractivity contribution in [2.24, 2.45) is 0 Å². The van der Waals surface area contributed by atoms with E-state index in [1.54, 1.807) is 24.1 Å². The number of hydrogen-bond donors (Lipinski definition) is 3. The molecule has 1 aliphatic heterocycles. The number of likely N-dealkylation sites (N-methyl/N-ethyl adjacent to an activating group) is 1. The average molecular weight is 413 g/mol. The van der Waals surface area contributed by atoms with Crippen LogP contribution in [0.5, 0.6) is 11.5 Å². The van der Waals surface area contributed by atoms with Crippen molar-refractivity contribution in [2.75, 3.05) is 63.0 Å². The van der Waals surface area contributed by atoms with Crippen molar-refractivity contribution >= 4 is 34.4 Å². The van der Waals surface area contributed by atoms with Gasteiger partial charge in [-0.1, -0.05) is 0 Å². The van der Waals surface area contributed by atoms with E-state index in [9.17, 15) is 5.26 Å². The highest BCUT2D eigenvalue weighted by molar-refractivity contribution is 7.80. The summed E-state index contributed by atoms with van der Waals surface area (Å²) in [5, 5.41) is 16.0. The number of anilines is 3. The molecule has 0 bridgehead atoms. The summed E-state index contributed by atoms with van der Waals surface area (Å²) in [7, 11) is 5.31. The predicted molar refractivity (Wildman–Crippen MR) is 119 cm³/mol. The summed E-state index contributed by atoms with van der Waals surface area (Å²) in [4.78, 5) is 3.97. The Morgan fingerprint density at radius 2 is 1.69 bits per heavy atom. The fourth-order valence-electron chi connectivity index (χ4n) is 3.26. The van der Waals surface area contributed by atoms with Crippen LogP contribution >= 0.6 is 12.2 Å². The zero-order valence-corrected chi connectivity index (χ0v) is 17.7. The number of rotatable bonds is 5. The number of quaternary nitrogens is 1. The maximum atomic E-state index is 9.42. The van der Waals surface area contributed by atoms with E-state index in [1.807, 2.05) is 12.1 Å². The highest BCUT2D eigenvalue weighted by atomic mass is 32.1. The number of piperazine rings is 1.